The molecule has 0 saturated carbocycles. The smallest absolute Gasteiger partial charge is 0.224 e. The van der Waals surface area contributed by atoms with Crippen LogP contribution in [0.5, 0.6) is 0 Å². The summed E-state index contributed by atoms with van der Waals surface area (Å²) in [7, 11) is 0. The Labute approximate surface area is 115 Å². The molecule has 1 amide bonds. The molecule has 1 rings (SSSR count). The topological polar surface area (TPSA) is 52.9 Å². The van der Waals surface area contributed by atoms with Gasteiger partial charge >= 0.3 is 0 Å². The maximum atomic E-state index is 11.9. The van der Waals surface area contributed by atoms with E-state index in [0.29, 0.717) is 17.9 Å². The van der Waals surface area contributed by atoms with E-state index in [1.54, 1.807) is 24.3 Å². The molecule has 1 aromatic rings. The highest BCUT2D eigenvalue weighted by Crippen LogP contribution is 2.26. The van der Waals surface area contributed by atoms with E-state index in [1.807, 2.05) is 0 Å². The van der Waals surface area contributed by atoms with E-state index in [-0.39, 0.29) is 11.3 Å². The van der Waals surface area contributed by atoms with Gasteiger partial charge in [0, 0.05) is 12.1 Å². The predicted octanol–water partition coefficient (Wildman–Crippen LogP) is 3.96. The van der Waals surface area contributed by atoms with Crippen LogP contribution < -0.4 is 5.32 Å². The Morgan fingerprint density at radius 2 is 1.89 bits per heavy atom. The van der Waals surface area contributed by atoms with E-state index < -0.39 is 0 Å². The van der Waals surface area contributed by atoms with Gasteiger partial charge in [0.1, 0.15) is 0 Å². The first-order chi connectivity index (χ1) is 8.80. The fourth-order valence-electron chi connectivity index (χ4n) is 2.27. The molecular weight excluding hydrogens is 236 g/mol. The van der Waals surface area contributed by atoms with Crippen molar-refractivity contribution in [2.24, 2.45) is 11.3 Å². The van der Waals surface area contributed by atoms with Crippen LogP contribution in [0.15, 0.2) is 24.3 Å². The molecule has 0 fully saturated rings. The van der Waals surface area contributed by atoms with Crippen LogP contribution in [-0.2, 0) is 4.79 Å². The molecule has 1 aromatic carbocycles. The van der Waals surface area contributed by atoms with Crippen LogP contribution in [0.4, 0.5) is 5.69 Å². The normalized spacial score (nSPS) is 12.6. The van der Waals surface area contributed by atoms with Gasteiger partial charge in [-0.2, -0.15) is 5.26 Å². The zero-order chi connectivity index (χ0) is 14.5. The fourth-order valence-corrected chi connectivity index (χ4v) is 2.27. The molecule has 0 radical (unpaired) electrons. The van der Waals surface area contributed by atoms with Crippen molar-refractivity contribution >= 4 is 11.6 Å². The Morgan fingerprint density at radius 3 is 2.37 bits per heavy atom. The molecule has 3 nitrogen and oxygen atoms in total. The lowest BCUT2D eigenvalue weighted by Gasteiger charge is -2.22. The van der Waals surface area contributed by atoms with Gasteiger partial charge in [0.2, 0.25) is 5.91 Å². The minimum Gasteiger partial charge on any atom is -0.326 e. The number of nitrogens with zero attached hydrogens (tertiary/aromatic N) is 1. The van der Waals surface area contributed by atoms with Gasteiger partial charge in [-0.15, -0.1) is 0 Å². The highest BCUT2D eigenvalue weighted by molar-refractivity contribution is 5.90. The number of benzene rings is 1. The van der Waals surface area contributed by atoms with E-state index in [1.165, 1.54) is 0 Å². The fraction of sp³-hybridized carbons (Fsp3) is 0.500. The molecule has 1 atom stereocenters. The van der Waals surface area contributed by atoms with Crippen molar-refractivity contribution in [1.29, 1.82) is 5.26 Å². The van der Waals surface area contributed by atoms with Gasteiger partial charge < -0.3 is 5.32 Å². The van der Waals surface area contributed by atoms with E-state index >= 15 is 0 Å². The Balaban J connectivity index is 2.49. The van der Waals surface area contributed by atoms with Gasteiger partial charge in [0.25, 0.3) is 0 Å². The summed E-state index contributed by atoms with van der Waals surface area (Å²) < 4.78 is 0. The van der Waals surface area contributed by atoms with Crippen LogP contribution in [0.1, 0.15) is 46.1 Å². The first-order valence-corrected chi connectivity index (χ1v) is 6.60. The molecular formula is C16H22N2O. The van der Waals surface area contributed by atoms with E-state index in [2.05, 4.69) is 39.1 Å². The molecule has 3 heteroatoms. The van der Waals surface area contributed by atoms with Crippen LogP contribution in [0.2, 0.25) is 0 Å². The van der Waals surface area contributed by atoms with Gasteiger partial charge in [-0.05, 0) is 42.0 Å². The minimum absolute atomic E-state index is 0.0291. The third kappa shape index (κ3) is 6.05. The quantitative estimate of drug-likeness (QED) is 0.888. The number of carbonyl (C=O) groups excluding carboxylic acids is 1. The average molecular weight is 258 g/mol. The van der Waals surface area contributed by atoms with Gasteiger partial charge in [0.15, 0.2) is 0 Å². The molecule has 0 heterocycles. The molecule has 0 saturated heterocycles. The van der Waals surface area contributed by atoms with Crippen LogP contribution in [0.3, 0.4) is 0 Å². The standard InChI is InChI=1S/C16H22N2O/c1-12(10-16(2,3)4)9-15(19)18-14-7-5-13(11-17)6-8-14/h5-8,12H,9-10H2,1-4H3,(H,18,19). The van der Waals surface area contributed by atoms with Crippen molar-refractivity contribution in [2.75, 3.05) is 5.32 Å². The first kappa shape index (κ1) is 15.2. The minimum atomic E-state index is 0.0291. The van der Waals surface area contributed by atoms with E-state index in [4.69, 9.17) is 5.26 Å². The Kier molecular flexibility index (Phi) is 5.11. The third-order valence-electron chi connectivity index (χ3n) is 2.79. The second-order valence-corrected chi connectivity index (χ2v) is 6.31. The predicted molar refractivity (Wildman–Crippen MR) is 77.6 cm³/mol. The highest BCUT2D eigenvalue weighted by Gasteiger charge is 2.17. The van der Waals surface area contributed by atoms with Crippen molar-refractivity contribution in [1.82, 2.24) is 0 Å². The Bertz CT molecular complexity index is 463. The summed E-state index contributed by atoms with van der Waals surface area (Å²) in [6.45, 7) is 8.65. The van der Waals surface area contributed by atoms with Crippen LogP contribution in [0, 0.1) is 22.7 Å². The SMILES string of the molecule is CC(CC(=O)Nc1ccc(C#N)cc1)CC(C)(C)C. The third-order valence-corrected chi connectivity index (χ3v) is 2.79. The summed E-state index contributed by atoms with van der Waals surface area (Å²) >= 11 is 0. The van der Waals surface area contributed by atoms with Crippen molar-refractivity contribution in [3.63, 3.8) is 0 Å². The van der Waals surface area contributed by atoms with Crippen LogP contribution >= 0.6 is 0 Å². The van der Waals surface area contributed by atoms with Crippen molar-refractivity contribution in [3.05, 3.63) is 29.8 Å². The van der Waals surface area contributed by atoms with E-state index in [9.17, 15) is 4.79 Å². The second kappa shape index (κ2) is 6.38. The lowest BCUT2D eigenvalue weighted by atomic mass is 9.84. The summed E-state index contributed by atoms with van der Waals surface area (Å²) in [5.41, 5.74) is 1.58. The number of carbonyl (C=O) groups is 1. The van der Waals surface area contributed by atoms with Crippen LogP contribution in [0.25, 0.3) is 0 Å². The molecule has 1 unspecified atom stereocenters. The summed E-state index contributed by atoms with van der Waals surface area (Å²) in [4.78, 5) is 11.9. The number of hydrogen-bond donors (Lipinski definition) is 1. The summed E-state index contributed by atoms with van der Waals surface area (Å²) in [5, 5.41) is 11.6. The van der Waals surface area contributed by atoms with Gasteiger partial charge in [0.05, 0.1) is 11.6 Å². The van der Waals surface area contributed by atoms with Crippen LogP contribution in [-0.4, -0.2) is 5.91 Å². The number of nitrogens with one attached hydrogen (secondary N) is 1. The molecule has 0 aliphatic rings. The molecule has 0 aliphatic heterocycles. The molecule has 0 bridgehead atoms. The second-order valence-electron chi connectivity index (χ2n) is 6.31. The highest BCUT2D eigenvalue weighted by atomic mass is 16.1. The Morgan fingerprint density at radius 1 is 1.32 bits per heavy atom. The van der Waals surface area contributed by atoms with Crippen molar-refractivity contribution in [2.45, 2.75) is 40.5 Å². The maximum absolute atomic E-state index is 11.9. The molecule has 102 valence electrons. The number of anilines is 1. The van der Waals surface area contributed by atoms with Gasteiger partial charge in [-0.25, -0.2) is 0 Å². The zero-order valence-electron chi connectivity index (χ0n) is 12.2. The number of hydrogen-bond acceptors (Lipinski definition) is 2. The van der Waals surface area contributed by atoms with Gasteiger partial charge in [-0.1, -0.05) is 27.7 Å². The summed E-state index contributed by atoms with van der Waals surface area (Å²) in [5.74, 6) is 0.389. The molecule has 0 aliphatic carbocycles. The maximum Gasteiger partial charge on any atom is 0.224 e. The largest absolute Gasteiger partial charge is 0.326 e. The average Bonchev–Trinajstić information content (AvgIpc) is 2.27. The summed E-state index contributed by atoms with van der Waals surface area (Å²) in [6, 6.07) is 8.97. The molecule has 0 spiro atoms. The molecule has 0 aromatic heterocycles. The van der Waals surface area contributed by atoms with Gasteiger partial charge in [-0.3, -0.25) is 4.79 Å². The van der Waals surface area contributed by atoms with Crippen molar-refractivity contribution < 1.29 is 4.79 Å². The first-order valence-electron chi connectivity index (χ1n) is 6.60. The molecule has 1 N–H and O–H groups in total. The zero-order valence-corrected chi connectivity index (χ0v) is 12.2. The van der Waals surface area contributed by atoms with Crippen molar-refractivity contribution in [3.8, 4) is 6.07 Å². The lowest BCUT2D eigenvalue weighted by molar-refractivity contribution is -0.117. The monoisotopic (exact) mass is 258 g/mol. The van der Waals surface area contributed by atoms with E-state index in [0.717, 1.165) is 12.1 Å². The number of nitriles is 1. The number of amides is 1. The number of rotatable bonds is 4. The molecule has 19 heavy (non-hydrogen) atoms. The lowest BCUT2D eigenvalue weighted by Crippen LogP contribution is -2.18. The summed E-state index contributed by atoms with van der Waals surface area (Å²) in [6.07, 6.45) is 1.55. The Hall–Kier alpha value is -1.82.